The molecule has 0 aliphatic rings. The van der Waals surface area contributed by atoms with Crippen LogP contribution in [0.25, 0.3) is 0 Å². The van der Waals surface area contributed by atoms with E-state index in [0.717, 1.165) is 12.1 Å². The minimum absolute atomic E-state index is 0.121. The molecule has 0 heterocycles. The molecule has 70 valence electrons. The maximum Gasteiger partial charge on any atom is 0.194 e. The largest absolute Gasteiger partial charge is 0.204 e. The topological polar surface area (TPSA) is 0 Å². The molecule has 0 N–H and O–H groups in total. The first-order chi connectivity index (χ1) is 6.00. The molecule has 0 nitrogen and oxygen atoms in total. The quantitative estimate of drug-likeness (QED) is 0.651. The summed E-state index contributed by atoms with van der Waals surface area (Å²) in [5, 5.41) is 0.241. The van der Waals surface area contributed by atoms with Crippen LogP contribution in [-0.2, 0) is 6.42 Å². The summed E-state index contributed by atoms with van der Waals surface area (Å²) in [6.45, 7) is 3.36. The van der Waals surface area contributed by atoms with E-state index < -0.39 is 17.5 Å². The molecule has 4 heteroatoms. The van der Waals surface area contributed by atoms with Gasteiger partial charge in [0.05, 0.1) is 0 Å². The van der Waals surface area contributed by atoms with Crippen molar-refractivity contribution in [2.45, 2.75) is 6.42 Å². The third-order valence-electron chi connectivity index (χ3n) is 1.44. The van der Waals surface area contributed by atoms with E-state index in [4.69, 9.17) is 11.6 Å². The van der Waals surface area contributed by atoms with Gasteiger partial charge < -0.3 is 0 Å². The second-order valence-electron chi connectivity index (χ2n) is 2.57. The number of allylic oxidation sites excluding steroid dienone is 1. The Morgan fingerprint density at radius 2 is 1.69 bits per heavy atom. The van der Waals surface area contributed by atoms with Crippen LogP contribution in [-0.4, -0.2) is 0 Å². The molecule has 0 bridgehead atoms. The Labute approximate surface area is 78.6 Å². The van der Waals surface area contributed by atoms with E-state index in [1.807, 2.05) is 0 Å². The van der Waals surface area contributed by atoms with Gasteiger partial charge in [-0.1, -0.05) is 18.2 Å². The molecule has 0 radical (unpaired) electrons. The Morgan fingerprint density at radius 3 is 2.08 bits per heavy atom. The first kappa shape index (κ1) is 10.1. The first-order valence-electron chi connectivity index (χ1n) is 3.47. The number of hydrogen-bond donors (Lipinski definition) is 0. The van der Waals surface area contributed by atoms with E-state index in [9.17, 15) is 13.2 Å². The fourth-order valence-corrected chi connectivity index (χ4v) is 1.09. The van der Waals surface area contributed by atoms with E-state index in [1.165, 1.54) is 0 Å². The SMILES string of the molecule is C=C(Cl)Cc1cc(F)c(F)c(F)c1. The van der Waals surface area contributed by atoms with E-state index in [1.54, 1.807) is 0 Å². The molecule has 0 aliphatic heterocycles. The lowest BCUT2D eigenvalue weighted by atomic mass is 10.1. The minimum Gasteiger partial charge on any atom is -0.204 e. The zero-order valence-electron chi connectivity index (χ0n) is 6.58. The fraction of sp³-hybridized carbons (Fsp3) is 0.111. The van der Waals surface area contributed by atoms with Crippen molar-refractivity contribution in [1.82, 2.24) is 0 Å². The molecule has 0 saturated heterocycles. The van der Waals surface area contributed by atoms with Crippen LogP contribution in [0.15, 0.2) is 23.7 Å². The molecule has 1 aromatic carbocycles. The van der Waals surface area contributed by atoms with Crippen LogP contribution in [0.4, 0.5) is 13.2 Å². The third-order valence-corrected chi connectivity index (χ3v) is 1.57. The highest BCUT2D eigenvalue weighted by atomic mass is 35.5. The summed E-state index contributed by atoms with van der Waals surface area (Å²) < 4.78 is 37.6. The standard InChI is InChI=1S/C9H6ClF3/c1-5(10)2-6-3-7(11)9(13)8(12)4-6/h3-4H,1-2H2. The van der Waals surface area contributed by atoms with Crippen molar-refractivity contribution in [3.8, 4) is 0 Å². The summed E-state index contributed by atoms with van der Waals surface area (Å²) in [5.74, 6) is -3.90. The monoisotopic (exact) mass is 206 g/mol. The highest BCUT2D eigenvalue weighted by molar-refractivity contribution is 6.29. The Balaban J connectivity index is 3.06. The summed E-state index contributed by atoms with van der Waals surface area (Å²) >= 11 is 5.42. The lowest BCUT2D eigenvalue weighted by molar-refractivity contribution is 0.445. The Bertz CT molecular complexity index is 324. The molecule has 0 unspecified atom stereocenters. The van der Waals surface area contributed by atoms with Gasteiger partial charge in [-0.3, -0.25) is 0 Å². The number of halogens is 4. The van der Waals surface area contributed by atoms with Gasteiger partial charge >= 0.3 is 0 Å². The lowest BCUT2D eigenvalue weighted by Crippen LogP contribution is -1.94. The van der Waals surface area contributed by atoms with Crippen molar-refractivity contribution in [2.24, 2.45) is 0 Å². The average Bonchev–Trinajstić information content (AvgIpc) is 1.98. The molecule has 0 fully saturated rings. The van der Waals surface area contributed by atoms with E-state index in [2.05, 4.69) is 6.58 Å². The Morgan fingerprint density at radius 1 is 1.23 bits per heavy atom. The fourth-order valence-electron chi connectivity index (χ4n) is 0.932. The normalized spacial score (nSPS) is 10.2. The molecular weight excluding hydrogens is 201 g/mol. The maximum atomic E-state index is 12.6. The van der Waals surface area contributed by atoms with Gasteiger partial charge in [-0.25, -0.2) is 13.2 Å². The van der Waals surface area contributed by atoms with Crippen molar-refractivity contribution in [3.05, 3.63) is 46.8 Å². The van der Waals surface area contributed by atoms with Gasteiger partial charge in [0.2, 0.25) is 0 Å². The van der Waals surface area contributed by atoms with Gasteiger partial charge in [0, 0.05) is 11.5 Å². The van der Waals surface area contributed by atoms with Crippen molar-refractivity contribution in [2.75, 3.05) is 0 Å². The minimum atomic E-state index is -1.47. The zero-order valence-corrected chi connectivity index (χ0v) is 7.34. The van der Waals surface area contributed by atoms with E-state index in [-0.39, 0.29) is 17.0 Å². The van der Waals surface area contributed by atoms with Gasteiger partial charge in [0.25, 0.3) is 0 Å². The zero-order chi connectivity index (χ0) is 10.0. The van der Waals surface area contributed by atoms with Crippen LogP contribution in [0.3, 0.4) is 0 Å². The van der Waals surface area contributed by atoms with E-state index >= 15 is 0 Å². The number of rotatable bonds is 2. The van der Waals surface area contributed by atoms with Crippen molar-refractivity contribution < 1.29 is 13.2 Å². The van der Waals surface area contributed by atoms with Gasteiger partial charge in [0.15, 0.2) is 17.5 Å². The predicted molar refractivity (Wildman–Crippen MR) is 45.0 cm³/mol. The second-order valence-corrected chi connectivity index (χ2v) is 3.10. The lowest BCUT2D eigenvalue weighted by Gasteiger charge is -2.01. The number of benzene rings is 1. The molecule has 0 spiro atoms. The summed E-state index contributed by atoms with van der Waals surface area (Å²) in [6, 6.07) is 1.79. The van der Waals surface area contributed by atoms with Crippen LogP contribution in [0, 0.1) is 17.5 Å². The van der Waals surface area contributed by atoms with Crippen molar-refractivity contribution in [1.29, 1.82) is 0 Å². The molecular formula is C9H6ClF3. The van der Waals surface area contributed by atoms with Crippen LogP contribution in [0.5, 0.6) is 0 Å². The number of hydrogen-bond acceptors (Lipinski definition) is 0. The van der Waals surface area contributed by atoms with Crippen LogP contribution < -0.4 is 0 Å². The molecule has 0 saturated carbocycles. The molecule has 1 rings (SSSR count). The molecule has 0 amide bonds. The highest BCUT2D eigenvalue weighted by Gasteiger charge is 2.10. The van der Waals surface area contributed by atoms with Crippen LogP contribution in [0.2, 0.25) is 0 Å². The summed E-state index contributed by atoms with van der Waals surface area (Å²) in [4.78, 5) is 0. The predicted octanol–water partition coefficient (Wildman–Crippen LogP) is 3.40. The van der Waals surface area contributed by atoms with Gasteiger partial charge in [-0.2, -0.15) is 0 Å². The molecule has 13 heavy (non-hydrogen) atoms. The smallest absolute Gasteiger partial charge is 0.194 e. The Hall–Kier alpha value is -0.960. The molecule has 0 aromatic heterocycles. The molecule has 0 atom stereocenters. The van der Waals surface area contributed by atoms with Gasteiger partial charge in [-0.15, -0.1) is 0 Å². The van der Waals surface area contributed by atoms with Crippen molar-refractivity contribution >= 4 is 11.6 Å². The first-order valence-corrected chi connectivity index (χ1v) is 3.85. The van der Waals surface area contributed by atoms with Gasteiger partial charge in [0.1, 0.15) is 0 Å². The van der Waals surface area contributed by atoms with E-state index in [0.29, 0.717) is 0 Å². The van der Waals surface area contributed by atoms with Crippen molar-refractivity contribution in [3.63, 3.8) is 0 Å². The maximum absolute atomic E-state index is 12.6. The van der Waals surface area contributed by atoms with Crippen LogP contribution >= 0.6 is 11.6 Å². The Kier molecular flexibility index (Phi) is 2.98. The van der Waals surface area contributed by atoms with Crippen LogP contribution in [0.1, 0.15) is 5.56 Å². The molecule has 0 aliphatic carbocycles. The molecule has 1 aromatic rings. The highest BCUT2D eigenvalue weighted by Crippen LogP contribution is 2.16. The second kappa shape index (κ2) is 3.83. The third kappa shape index (κ3) is 2.49. The van der Waals surface area contributed by atoms with Gasteiger partial charge in [-0.05, 0) is 17.7 Å². The summed E-state index contributed by atoms with van der Waals surface area (Å²) in [5.41, 5.74) is 0.261. The average molecular weight is 207 g/mol. The summed E-state index contributed by atoms with van der Waals surface area (Å²) in [6.07, 6.45) is 0.121. The summed E-state index contributed by atoms with van der Waals surface area (Å²) in [7, 11) is 0.